The molecule has 0 radical (unpaired) electrons. The normalized spacial score (nSPS) is 18.2. The van der Waals surface area contributed by atoms with Gasteiger partial charge in [0.05, 0.1) is 28.0 Å². The molecule has 33 heavy (non-hydrogen) atoms. The highest BCUT2D eigenvalue weighted by molar-refractivity contribution is 7.18. The van der Waals surface area contributed by atoms with E-state index in [1.165, 1.54) is 21.0 Å². The van der Waals surface area contributed by atoms with Gasteiger partial charge in [0.1, 0.15) is 4.83 Å². The Labute approximate surface area is 200 Å². The summed E-state index contributed by atoms with van der Waals surface area (Å²) in [5, 5.41) is 10.8. The SMILES string of the molecule is CN1CCc2c(sc3ncn(CCN4CCC(c5cc(-c6cccs6)[nH]n5)CC4)c(=O)c23)C1. The summed E-state index contributed by atoms with van der Waals surface area (Å²) in [5.74, 6) is 0.502. The molecule has 6 rings (SSSR count). The van der Waals surface area contributed by atoms with Gasteiger partial charge in [-0.3, -0.25) is 14.5 Å². The van der Waals surface area contributed by atoms with E-state index < -0.39 is 0 Å². The molecule has 0 saturated carbocycles. The van der Waals surface area contributed by atoms with Gasteiger partial charge < -0.3 is 9.80 Å². The Morgan fingerprint density at radius 3 is 2.91 bits per heavy atom. The molecule has 0 atom stereocenters. The van der Waals surface area contributed by atoms with Gasteiger partial charge in [0.25, 0.3) is 5.56 Å². The topological polar surface area (TPSA) is 70.1 Å². The Hall–Kier alpha value is -2.33. The lowest BCUT2D eigenvalue weighted by Crippen LogP contribution is -2.37. The van der Waals surface area contributed by atoms with Gasteiger partial charge >= 0.3 is 0 Å². The van der Waals surface area contributed by atoms with Crippen LogP contribution in [0.5, 0.6) is 0 Å². The first kappa shape index (κ1) is 21.2. The van der Waals surface area contributed by atoms with Crippen LogP contribution in [0.25, 0.3) is 20.8 Å². The fourth-order valence-corrected chi connectivity index (χ4v) is 7.06. The molecule has 0 aliphatic carbocycles. The quantitative estimate of drug-likeness (QED) is 0.471. The Morgan fingerprint density at radius 1 is 1.21 bits per heavy atom. The van der Waals surface area contributed by atoms with Crippen LogP contribution in [-0.4, -0.2) is 62.8 Å². The van der Waals surface area contributed by atoms with Crippen molar-refractivity contribution in [3.63, 3.8) is 0 Å². The van der Waals surface area contributed by atoms with Gasteiger partial charge in [0, 0.05) is 37.0 Å². The molecular weight excluding hydrogens is 452 g/mol. The fraction of sp³-hybridized carbons (Fsp3) is 0.458. The molecule has 1 saturated heterocycles. The zero-order valence-electron chi connectivity index (χ0n) is 18.8. The van der Waals surface area contributed by atoms with Crippen LogP contribution in [0.15, 0.2) is 34.7 Å². The third kappa shape index (κ3) is 4.07. The minimum Gasteiger partial charge on any atom is -0.302 e. The summed E-state index contributed by atoms with van der Waals surface area (Å²) in [6, 6.07) is 6.41. The molecule has 2 aliphatic heterocycles. The Bertz CT molecular complexity index is 1310. The number of likely N-dealkylation sites (tertiary alicyclic amines) is 1. The predicted octanol–water partition coefficient (Wildman–Crippen LogP) is 3.78. The third-order valence-corrected chi connectivity index (χ3v) is 9.09. The van der Waals surface area contributed by atoms with Gasteiger partial charge in [-0.25, -0.2) is 4.98 Å². The number of nitrogens with one attached hydrogen (secondary N) is 1. The molecule has 0 aromatic carbocycles. The zero-order chi connectivity index (χ0) is 22.4. The Morgan fingerprint density at radius 2 is 2.09 bits per heavy atom. The number of piperidine rings is 1. The summed E-state index contributed by atoms with van der Waals surface area (Å²) in [6.45, 7) is 5.59. The van der Waals surface area contributed by atoms with Gasteiger partial charge in [-0.2, -0.15) is 5.10 Å². The minimum absolute atomic E-state index is 0.134. The van der Waals surface area contributed by atoms with Crippen molar-refractivity contribution in [2.24, 2.45) is 0 Å². The lowest BCUT2D eigenvalue weighted by atomic mass is 9.93. The summed E-state index contributed by atoms with van der Waals surface area (Å²) < 4.78 is 1.82. The molecule has 7 nitrogen and oxygen atoms in total. The molecule has 1 N–H and O–H groups in total. The molecule has 0 bridgehead atoms. The largest absolute Gasteiger partial charge is 0.302 e. The minimum atomic E-state index is 0.134. The van der Waals surface area contributed by atoms with Crippen molar-refractivity contribution in [1.82, 2.24) is 29.5 Å². The average Bonchev–Trinajstić information content (AvgIpc) is 3.58. The van der Waals surface area contributed by atoms with E-state index in [1.54, 1.807) is 29.0 Å². The molecule has 1 fully saturated rings. The maximum absolute atomic E-state index is 13.2. The summed E-state index contributed by atoms with van der Waals surface area (Å²) in [5.41, 5.74) is 3.67. The highest BCUT2D eigenvalue weighted by Crippen LogP contribution is 2.32. The summed E-state index contributed by atoms with van der Waals surface area (Å²) in [6.07, 6.45) is 4.90. The molecule has 2 aliphatic rings. The van der Waals surface area contributed by atoms with Gasteiger partial charge in [0.2, 0.25) is 0 Å². The van der Waals surface area contributed by atoms with Crippen molar-refractivity contribution in [3.8, 4) is 10.6 Å². The van der Waals surface area contributed by atoms with Crippen molar-refractivity contribution in [2.75, 3.05) is 33.2 Å². The van der Waals surface area contributed by atoms with Gasteiger partial charge in [-0.1, -0.05) is 6.07 Å². The van der Waals surface area contributed by atoms with Gasteiger partial charge in [-0.05, 0) is 62.5 Å². The monoisotopic (exact) mass is 480 g/mol. The van der Waals surface area contributed by atoms with Crippen LogP contribution in [0.1, 0.15) is 34.9 Å². The number of hydrogen-bond donors (Lipinski definition) is 1. The predicted molar refractivity (Wildman–Crippen MR) is 134 cm³/mol. The Kier molecular flexibility index (Phi) is 5.65. The highest BCUT2D eigenvalue weighted by Gasteiger charge is 2.24. The maximum Gasteiger partial charge on any atom is 0.262 e. The molecule has 4 aromatic rings. The van der Waals surface area contributed by atoms with E-state index in [4.69, 9.17) is 0 Å². The molecule has 9 heteroatoms. The van der Waals surface area contributed by atoms with E-state index >= 15 is 0 Å². The fourth-order valence-electron chi connectivity index (χ4n) is 5.11. The van der Waals surface area contributed by atoms with Crippen LogP contribution in [0.4, 0.5) is 0 Å². The second-order valence-electron chi connectivity index (χ2n) is 9.21. The first-order valence-electron chi connectivity index (χ1n) is 11.7. The standard InChI is InChI=1S/C24H28N6OS2/c1-28-7-6-17-21(14-28)33-23-22(17)24(31)30(15-25-23)11-10-29-8-4-16(5-9-29)18-13-19(27-26-18)20-3-2-12-32-20/h2-3,12-13,15-16H,4-11,14H2,1H3,(H,26,27). The van der Waals surface area contributed by atoms with Gasteiger partial charge in [0.15, 0.2) is 0 Å². The number of hydrogen-bond acceptors (Lipinski definition) is 7. The van der Waals surface area contributed by atoms with E-state index in [9.17, 15) is 4.79 Å². The third-order valence-electron chi connectivity index (χ3n) is 7.07. The van der Waals surface area contributed by atoms with E-state index in [0.717, 1.165) is 67.9 Å². The summed E-state index contributed by atoms with van der Waals surface area (Å²) in [4.78, 5) is 26.1. The lowest BCUT2D eigenvalue weighted by Gasteiger charge is -2.31. The number of nitrogens with zero attached hydrogens (tertiary/aromatic N) is 5. The molecule has 0 amide bonds. The second kappa shape index (κ2) is 8.79. The summed E-state index contributed by atoms with van der Waals surface area (Å²) >= 11 is 3.42. The molecular formula is C24H28N6OS2. The molecule has 0 spiro atoms. The highest BCUT2D eigenvalue weighted by atomic mass is 32.1. The van der Waals surface area contributed by atoms with Crippen molar-refractivity contribution in [1.29, 1.82) is 0 Å². The molecule has 0 unspecified atom stereocenters. The van der Waals surface area contributed by atoms with Gasteiger partial charge in [-0.15, -0.1) is 22.7 Å². The van der Waals surface area contributed by atoms with Crippen LogP contribution >= 0.6 is 22.7 Å². The first-order valence-corrected chi connectivity index (χ1v) is 13.3. The van der Waals surface area contributed by atoms with Crippen LogP contribution in [-0.2, 0) is 19.5 Å². The van der Waals surface area contributed by atoms with Crippen LogP contribution in [0.3, 0.4) is 0 Å². The van der Waals surface area contributed by atoms with Crippen molar-refractivity contribution in [3.05, 3.63) is 56.4 Å². The number of aromatic nitrogens is 4. The molecule has 172 valence electrons. The van der Waals surface area contributed by atoms with Crippen LogP contribution in [0, 0.1) is 0 Å². The Balaban J connectivity index is 1.09. The average molecular weight is 481 g/mol. The molecule has 6 heterocycles. The maximum atomic E-state index is 13.2. The van der Waals surface area contributed by atoms with E-state index in [-0.39, 0.29) is 5.56 Å². The number of aromatic amines is 1. The molecule has 4 aromatic heterocycles. The van der Waals surface area contributed by atoms with Crippen LogP contribution < -0.4 is 5.56 Å². The van der Waals surface area contributed by atoms with E-state index in [1.807, 2.05) is 4.57 Å². The smallest absolute Gasteiger partial charge is 0.262 e. The number of rotatable bonds is 5. The second-order valence-corrected chi connectivity index (χ2v) is 11.2. The first-order chi connectivity index (χ1) is 16.2. The number of H-pyrrole nitrogens is 1. The van der Waals surface area contributed by atoms with E-state index in [2.05, 4.69) is 55.6 Å². The summed E-state index contributed by atoms with van der Waals surface area (Å²) in [7, 11) is 2.14. The lowest BCUT2D eigenvalue weighted by molar-refractivity contribution is 0.203. The zero-order valence-corrected chi connectivity index (χ0v) is 20.4. The number of fused-ring (bicyclic) bond motifs is 3. The van der Waals surface area contributed by atoms with Crippen molar-refractivity contribution in [2.45, 2.75) is 38.3 Å². The van der Waals surface area contributed by atoms with Crippen molar-refractivity contribution >= 4 is 32.9 Å². The number of likely N-dealkylation sites (N-methyl/N-ethyl adjacent to an activating group) is 1. The van der Waals surface area contributed by atoms with Crippen molar-refractivity contribution < 1.29 is 0 Å². The number of thiophene rings is 2. The van der Waals surface area contributed by atoms with E-state index in [0.29, 0.717) is 12.5 Å². The van der Waals surface area contributed by atoms with Crippen LogP contribution in [0.2, 0.25) is 0 Å².